The van der Waals surface area contributed by atoms with Crippen LogP contribution in [0.2, 0.25) is 0 Å². The molecule has 0 atom stereocenters. The Morgan fingerprint density at radius 2 is 1.43 bits per heavy atom. The minimum Gasteiger partial charge on any atom is -0.496 e. The molecule has 138 valence electrons. The maximum Gasteiger partial charge on any atom is 1.00 e. The molecule has 0 fully saturated rings. The quantitative estimate of drug-likeness (QED) is 0.437. The summed E-state index contributed by atoms with van der Waals surface area (Å²) in [4.78, 5) is 12.8. The Morgan fingerprint density at radius 3 is 2.00 bits per heavy atom. The van der Waals surface area contributed by atoms with E-state index in [1.807, 2.05) is 54.6 Å². The number of rotatable bonds is 8. The van der Waals surface area contributed by atoms with Gasteiger partial charge in [0, 0.05) is 5.52 Å². The normalized spacial score (nSPS) is 10.4. The fourth-order valence-electron chi connectivity index (χ4n) is 2.59. The second-order valence-corrected chi connectivity index (χ2v) is 6.87. The van der Waals surface area contributed by atoms with Crippen LogP contribution in [0.1, 0.15) is 15.9 Å². The van der Waals surface area contributed by atoms with Gasteiger partial charge in [0.05, 0.1) is 19.8 Å². The molecule has 4 nitrogen and oxygen atoms in total. The van der Waals surface area contributed by atoms with Crippen molar-refractivity contribution in [2.24, 2.45) is 0 Å². The summed E-state index contributed by atoms with van der Waals surface area (Å²) in [5.74, 6) is 1.78. The van der Waals surface area contributed by atoms with Crippen LogP contribution in [0.3, 0.4) is 0 Å². The number of hydrogen-bond donors (Lipinski definition) is 0. The van der Waals surface area contributed by atoms with Crippen molar-refractivity contribution in [3.8, 4) is 17.2 Å². The van der Waals surface area contributed by atoms with E-state index in [4.69, 9.17) is 14.2 Å². The standard InChI is InChI=1S/C22H20O4P.Li/c1-24-19-9-6-10-20(25-2)21(19)22(23)27-18-13-11-17(12-14-18)26-15-16-7-4-3-5-8-16;/h3-14H,15H2,1-2H3;/q-1;+1. The van der Waals surface area contributed by atoms with E-state index >= 15 is 0 Å². The van der Waals surface area contributed by atoms with E-state index in [1.54, 1.807) is 32.4 Å². The van der Waals surface area contributed by atoms with E-state index in [0.29, 0.717) is 32.3 Å². The van der Waals surface area contributed by atoms with Gasteiger partial charge in [0.25, 0.3) is 0 Å². The molecule has 0 aliphatic rings. The molecule has 0 saturated heterocycles. The van der Waals surface area contributed by atoms with E-state index < -0.39 is 0 Å². The number of benzene rings is 3. The van der Waals surface area contributed by atoms with Crippen LogP contribution in [0.4, 0.5) is 0 Å². The fourth-order valence-corrected chi connectivity index (χ4v) is 3.46. The molecule has 0 aromatic heterocycles. The minimum absolute atomic E-state index is 0. The van der Waals surface area contributed by atoms with Crippen molar-refractivity contribution in [2.75, 3.05) is 14.2 Å². The second-order valence-electron chi connectivity index (χ2n) is 5.72. The summed E-state index contributed by atoms with van der Waals surface area (Å²) in [7, 11) is 3.63. The van der Waals surface area contributed by atoms with Gasteiger partial charge in [-0.3, -0.25) is 0 Å². The summed E-state index contributed by atoms with van der Waals surface area (Å²) in [6.07, 6.45) is 0. The minimum atomic E-state index is -0.0812. The van der Waals surface area contributed by atoms with Crippen LogP contribution < -0.4 is 38.4 Å². The van der Waals surface area contributed by atoms with Crippen LogP contribution in [0.15, 0.2) is 72.8 Å². The Morgan fingerprint density at radius 1 is 0.821 bits per heavy atom. The molecule has 0 amide bonds. The van der Waals surface area contributed by atoms with Gasteiger partial charge in [-0.15, -0.1) is 0 Å². The van der Waals surface area contributed by atoms with Crippen LogP contribution in [-0.4, -0.2) is 19.7 Å². The number of carbonyl (C=O) groups is 1. The van der Waals surface area contributed by atoms with Gasteiger partial charge in [-0.05, 0) is 29.8 Å². The van der Waals surface area contributed by atoms with Crippen LogP contribution in [-0.2, 0) is 6.61 Å². The average Bonchev–Trinajstić information content (AvgIpc) is 2.73. The van der Waals surface area contributed by atoms with Gasteiger partial charge in [-0.25, -0.2) is 0 Å². The summed E-state index contributed by atoms with van der Waals surface area (Å²) in [5, 5.41) is 0.875. The predicted octanol–water partition coefficient (Wildman–Crippen LogP) is 1.70. The Hall–Kier alpha value is -2.24. The van der Waals surface area contributed by atoms with Crippen LogP contribution >= 0.6 is 8.58 Å². The van der Waals surface area contributed by atoms with Gasteiger partial charge in [0.2, 0.25) is 0 Å². The molecule has 0 aliphatic carbocycles. The zero-order valence-electron chi connectivity index (χ0n) is 16.2. The topological polar surface area (TPSA) is 44.8 Å². The van der Waals surface area contributed by atoms with Gasteiger partial charge in [-0.1, -0.05) is 48.5 Å². The van der Waals surface area contributed by atoms with Crippen molar-refractivity contribution in [3.63, 3.8) is 0 Å². The van der Waals surface area contributed by atoms with E-state index in [2.05, 4.69) is 0 Å². The van der Waals surface area contributed by atoms with Crippen molar-refractivity contribution in [3.05, 3.63) is 83.9 Å². The van der Waals surface area contributed by atoms with Crippen molar-refractivity contribution in [1.29, 1.82) is 0 Å². The van der Waals surface area contributed by atoms with Crippen LogP contribution in [0.5, 0.6) is 17.2 Å². The molecular formula is C22H20LiO4P. The first-order chi connectivity index (χ1) is 13.2. The maximum atomic E-state index is 12.8. The van der Waals surface area contributed by atoms with Crippen LogP contribution in [0, 0.1) is 0 Å². The molecular weight excluding hydrogens is 366 g/mol. The Balaban J connectivity index is 0.00000280. The fraction of sp³-hybridized carbons (Fsp3) is 0.136. The summed E-state index contributed by atoms with van der Waals surface area (Å²) in [5.41, 5.74) is 1.48. The molecule has 0 bridgehead atoms. The van der Waals surface area contributed by atoms with E-state index in [1.165, 1.54) is 0 Å². The molecule has 6 heteroatoms. The SMILES string of the molecule is COc1cccc(OC)c1C(=O)[P-]c1ccc(OCc2ccccc2)cc1.[Li+]. The van der Waals surface area contributed by atoms with Gasteiger partial charge < -0.3 is 27.6 Å². The van der Waals surface area contributed by atoms with E-state index in [0.717, 1.165) is 16.6 Å². The monoisotopic (exact) mass is 386 g/mol. The summed E-state index contributed by atoms with van der Waals surface area (Å²) < 4.78 is 16.4. The molecule has 0 unspecified atom stereocenters. The summed E-state index contributed by atoms with van der Waals surface area (Å²) in [6, 6.07) is 22.8. The molecule has 0 aliphatic heterocycles. The van der Waals surface area contributed by atoms with Crippen molar-refractivity contribution in [2.45, 2.75) is 6.61 Å². The largest absolute Gasteiger partial charge is 1.00 e. The number of carbonyl (C=O) groups excluding carboxylic acids is 1. The van der Waals surface area contributed by atoms with Gasteiger partial charge in [0.1, 0.15) is 23.9 Å². The van der Waals surface area contributed by atoms with Gasteiger partial charge in [0.15, 0.2) is 0 Å². The Labute approximate surface area is 179 Å². The third-order valence-corrected chi connectivity index (χ3v) is 4.94. The van der Waals surface area contributed by atoms with Crippen molar-refractivity contribution >= 4 is 19.4 Å². The van der Waals surface area contributed by atoms with Gasteiger partial charge >= 0.3 is 18.9 Å². The Bertz CT molecular complexity index is 876. The van der Waals surface area contributed by atoms with E-state index in [9.17, 15) is 4.79 Å². The third kappa shape index (κ3) is 5.63. The van der Waals surface area contributed by atoms with Crippen LogP contribution in [0.25, 0.3) is 0 Å². The van der Waals surface area contributed by atoms with Crippen molar-refractivity contribution < 1.29 is 37.9 Å². The first kappa shape index (κ1) is 22.1. The van der Waals surface area contributed by atoms with E-state index in [-0.39, 0.29) is 24.4 Å². The smallest absolute Gasteiger partial charge is 0.496 e. The summed E-state index contributed by atoms with van der Waals surface area (Å²) in [6.45, 7) is 0.509. The Kier molecular flexibility index (Phi) is 8.61. The zero-order chi connectivity index (χ0) is 19.1. The third-order valence-electron chi connectivity index (χ3n) is 3.96. The predicted molar refractivity (Wildman–Crippen MR) is 108 cm³/mol. The molecule has 28 heavy (non-hydrogen) atoms. The molecule has 3 rings (SSSR count). The first-order valence-electron chi connectivity index (χ1n) is 8.45. The second kappa shape index (κ2) is 10.9. The molecule has 0 heterocycles. The van der Waals surface area contributed by atoms with Gasteiger partial charge in [-0.2, -0.15) is 5.30 Å². The molecule has 0 spiro atoms. The number of hydrogen-bond acceptors (Lipinski definition) is 4. The maximum absolute atomic E-state index is 12.8. The molecule has 0 N–H and O–H groups in total. The zero-order valence-corrected chi connectivity index (χ0v) is 17.1. The number of ether oxygens (including phenoxy) is 3. The molecule has 3 aromatic rings. The molecule has 0 saturated carbocycles. The average molecular weight is 386 g/mol. The molecule has 3 aromatic carbocycles. The number of methoxy groups -OCH3 is 2. The van der Waals surface area contributed by atoms with Crippen molar-refractivity contribution in [1.82, 2.24) is 0 Å². The first-order valence-corrected chi connectivity index (χ1v) is 9.34. The summed E-state index contributed by atoms with van der Waals surface area (Å²) >= 11 is 0. The molecule has 0 radical (unpaired) electrons.